The summed E-state index contributed by atoms with van der Waals surface area (Å²) in [5, 5.41) is 1.32. The van der Waals surface area contributed by atoms with Crippen molar-refractivity contribution in [3.8, 4) is 0 Å². The van der Waals surface area contributed by atoms with Crippen molar-refractivity contribution in [3.05, 3.63) is 45.1 Å². The van der Waals surface area contributed by atoms with Gasteiger partial charge in [0.25, 0.3) is 5.56 Å². The maximum Gasteiger partial charge on any atom is 0.328 e. The molecule has 84 valence electrons. The lowest BCUT2D eigenvalue weighted by Gasteiger charge is -2.04. The smallest absolute Gasteiger partial charge is 0.307 e. The SMILES string of the molecule is O=c1[nH]c2ccccc2c(=O)n1CCCBr. The van der Waals surface area contributed by atoms with Gasteiger partial charge in [-0.15, -0.1) is 0 Å². The van der Waals surface area contributed by atoms with Gasteiger partial charge in [0.15, 0.2) is 0 Å². The Morgan fingerprint density at radius 3 is 2.75 bits per heavy atom. The molecule has 0 atom stereocenters. The van der Waals surface area contributed by atoms with Gasteiger partial charge in [-0.2, -0.15) is 0 Å². The molecule has 0 unspecified atom stereocenters. The van der Waals surface area contributed by atoms with Crippen LogP contribution in [0.4, 0.5) is 0 Å². The lowest BCUT2D eigenvalue weighted by molar-refractivity contribution is 0.628. The molecule has 0 fully saturated rings. The van der Waals surface area contributed by atoms with Crippen molar-refractivity contribution in [3.63, 3.8) is 0 Å². The summed E-state index contributed by atoms with van der Waals surface area (Å²) in [4.78, 5) is 26.3. The van der Waals surface area contributed by atoms with E-state index in [0.29, 0.717) is 17.4 Å². The quantitative estimate of drug-likeness (QED) is 0.867. The van der Waals surface area contributed by atoms with E-state index in [1.54, 1.807) is 24.3 Å². The Bertz CT molecular complexity index is 615. The highest BCUT2D eigenvalue weighted by molar-refractivity contribution is 9.09. The highest BCUT2D eigenvalue weighted by Gasteiger charge is 2.05. The zero-order valence-electron chi connectivity index (χ0n) is 8.57. The zero-order valence-corrected chi connectivity index (χ0v) is 10.2. The lowest BCUT2D eigenvalue weighted by Crippen LogP contribution is -2.35. The highest BCUT2D eigenvalue weighted by Crippen LogP contribution is 2.03. The van der Waals surface area contributed by atoms with Crippen molar-refractivity contribution in [2.24, 2.45) is 0 Å². The first-order valence-electron chi connectivity index (χ1n) is 5.02. The summed E-state index contributed by atoms with van der Waals surface area (Å²) in [5.74, 6) is 0. The van der Waals surface area contributed by atoms with Crippen molar-refractivity contribution in [1.29, 1.82) is 0 Å². The molecule has 0 radical (unpaired) electrons. The Hall–Kier alpha value is -1.36. The topological polar surface area (TPSA) is 54.9 Å². The van der Waals surface area contributed by atoms with Crippen molar-refractivity contribution in [2.75, 3.05) is 5.33 Å². The van der Waals surface area contributed by atoms with Gasteiger partial charge >= 0.3 is 5.69 Å². The van der Waals surface area contributed by atoms with E-state index in [4.69, 9.17) is 0 Å². The van der Waals surface area contributed by atoms with Gasteiger partial charge in [0, 0.05) is 11.9 Å². The number of aromatic nitrogens is 2. The van der Waals surface area contributed by atoms with E-state index in [-0.39, 0.29) is 11.2 Å². The second kappa shape index (κ2) is 4.65. The molecule has 0 spiro atoms. The number of alkyl halides is 1. The van der Waals surface area contributed by atoms with Crippen LogP contribution < -0.4 is 11.2 Å². The zero-order chi connectivity index (χ0) is 11.5. The first-order valence-corrected chi connectivity index (χ1v) is 6.14. The predicted octanol–water partition coefficient (Wildman–Crippen LogP) is 1.47. The van der Waals surface area contributed by atoms with Crippen LogP contribution >= 0.6 is 15.9 Å². The average molecular weight is 283 g/mol. The first-order chi connectivity index (χ1) is 7.74. The summed E-state index contributed by atoms with van der Waals surface area (Å²) in [6, 6.07) is 7.03. The van der Waals surface area contributed by atoms with E-state index in [1.807, 2.05) is 0 Å². The number of benzene rings is 1. The molecule has 16 heavy (non-hydrogen) atoms. The number of aromatic amines is 1. The molecule has 0 saturated heterocycles. The van der Waals surface area contributed by atoms with Crippen LogP contribution in [0.2, 0.25) is 0 Å². The molecule has 0 aliphatic carbocycles. The van der Waals surface area contributed by atoms with Gasteiger partial charge in [-0.05, 0) is 18.6 Å². The molecule has 0 aliphatic heterocycles. The molecular weight excluding hydrogens is 272 g/mol. The van der Waals surface area contributed by atoms with Gasteiger partial charge in [-0.25, -0.2) is 4.79 Å². The standard InChI is InChI=1S/C11H11BrN2O2/c12-6-3-7-14-10(15)8-4-1-2-5-9(8)13-11(14)16/h1-2,4-5H,3,6-7H2,(H,13,16). The van der Waals surface area contributed by atoms with Gasteiger partial charge in [0.1, 0.15) is 0 Å². The molecule has 1 aromatic carbocycles. The van der Waals surface area contributed by atoms with Crippen LogP contribution in [0.5, 0.6) is 0 Å². The maximum absolute atomic E-state index is 12.0. The summed E-state index contributed by atoms with van der Waals surface area (Å²) in [6.07, 6.45) is 0.751. The summed E-state index contributed by atoms with van der Waals surface area (Å²) in [6.45, 7) is 0.435. The average Bonchev–Trinajstić information content (AvgIpc) is 2.29. The molecule has 1 N–H and O–H groups in total. The Labute approximate surface area is 100 Å². The predicted molar refractivity (Wildman–Crippen MR) is 67.2 cm³/mol. The van der Waals surface area contributed by atoms with Crippen LogP contribution in [0.15, 0.2) is 33.9 Å². The third-order valence-electron chi connectivity index (χ3n) is 2.40. The molecule has 5 heteroatoms. The minimum absolute atomic E-state index is 0.222. The number of para-hydroxylation sites is 1. The molecule has 0 bridgehead atoms. The van der Waals surface area contributed by atoms with Crippen LogP contribution in [0.3, 0.4) is 0 Å². The molecule has 0 amide bonds. The van der Waals surface area contributed by atoms with E-state index in [1.165, 1.54) is 4.57 Å². The van der Waals surface area contributed by atoms with Crippen LogP contribution in [0, 0.1) is 0 Å². The Morgan fingerprint density at radius 2 is 2.00 bits per heavy atom. The minimum Gasteiger partial charge on any atom is -0.307 e. The van der Waals surface area contributed by atoms with E-state index in [2.05, 4.69) is 20.9 Å². The first kappa shape index (κ1) is 11.1. The van der Waals surface area contributed by atoms with E-state index in [9.17, 15) is 9.59 Å². The second-order valence-electron chi connectivity index (χ2n) is 3.48. The third kappa shape index (κ3) is 1.95. The summed E-state index contributed by atoms with van der Waals surface area (Å²) in [7, 11) is 0. The van der Waals surface area contributed by atoms with Crippen LogP contribution in [-0.4, -0.2) is 14.9 Å². The molecule has 4 nitrogen and oxygen atoms in total. The highest BCUT2D eigenvalue weighted by atomic mass is 79.9. The van der Waals surface area contributed by atoms with Gasteiger partial charge in [-0.1, -0.05) is 28.1 Å². The fourth-order valence-corrected chi connectivity index (χ4v) is 1.87. The van der Waals surface area contributed by atoms with Crippen LogP contribution in [0.1, 0.15) is 6.42 Å². The Balaban J connectivity index is 2.66. The fraction of sp³-hybridized carbons (Fsp3) is 0.273. The van der Waals surface area contributed by atoms with Crippen LogP contribution in [0.25, 0.3) is 10.9 Å². The Morgan fingerprint density at radius 1 is 1.25 bits per heavy atom. The third-order valence-corrected chi connectivity index (χ3v) is 2.97. The minimum atomic E-state index is -0.343. The van der Waals surface area contributed by atoms with E-state index >= 15 is 0 Å². The summed E-state index contributed by atoms with van der Waals surface area (Å²) in [5.41, 5.74) is 0.0255. The molecule has 1 aromatic heterocycles. The number of H-pyrrole nitrogens is 1. The monoisotopic (exact) mass is 282 g/mol. The number of nitrogens with zero attached hydrogens (tertiary/aromatic N) is 1. The van der Waals surface area contributed by atoms with Crippen molar-refractivity contribution < 1.29 is 0 Å². The molecule has 1 heterocycles. The Kier molecular flexibility index (Phi) is 3.24. The van der Waals surface area contributed by atoms with Gasteiger partial charge in [0.05, 0.1) is 10.9 Å². The van der Waals surface area contributed by atoms with Gasteiger partial charge in [0.2, 0.25) is 0 Å². The molecule has 0 aliphatic rings. The number of halogens is 1. The van der Waals surface area contributed by atoms with E-state index < -0.39 is 0 Å². The molecular formula is C11H11BrN2O2. The number of hydrogen-bond acceptors (Lipinski definition) is 2. The number of fused-ring (bicyclic) bond motifs is 1. The van der Waals surface area contributed by atoms with Crippen LogP contribution in [-0.2, 0) is 6.54 Å². The number of rotatable bonds is 3. The largest absolute Gasteiger partial charge is 0.328 e. The lowest BCUT2D eigenvalue weighted by atomic mass is 10.2. The molecule has 0 saturated carbocycles. The maximum atomic E-state index is 12.0. The van der Waals surface area contributed by atoms with Crippen molar-refractivity contribution in [1.82, 2.24) is 9.55 Å². The number of hydrogen-bond donors (Lipinski definition) is 1. The van der Waals surface area contributed by atoms with Gasteiger partial charge in [-0.3, -0.25) is 9.36 Å². The van der Waals surface area contributed by atoms with Gasteiger partial charge < -0.3 is 4.98 Å². The summed E-state index contributed by atoms with van der Waals surface area (Å²) < 4.78 is 1.24. The number of nitrogens with one attached hydrogen (secondary N) is 1. The second-order valence-corrected chi connectivity index (χ2v) is 4.27. The normalized spacial score (nSPS) is 10.8. The van der Waals surface area contributed by atoms with Crippen molar-refractivity contribution in [2.45, 2.75) is 13.0 Å². The van der Waals surface area contributed by atoms with Crippen molar-refractivity contribution >= 4 is 26.8 Å². The summed E-state index contributed by atoms with van der Waals surface area (Å²) >= 11 is 3.28. The molecule has 2 aromatic rings. The van der Waals surface area contributed by atoms with E-state index in [0.717, 1.165) is 11.8 Å². The fourth-order valence-electron chi connectivity index (χ4n) is 1.62. The molecule has 2 rings (SSSR count).